The number of barbiturate groups is 1. The second-order valence-electron chi connectivity index (χ2n) is 6.29. The molecule has 10 heteroatoms. The molecule has 1 saturated heterocycles. The zero-order valence-corrected chi connectivity index (χ0v) is 19.8. The van der Waals surface area contributed by atoms with Gasteiger partial charge in [-0.25, -0.2) is 9.59 Å². The van der Waals surface area contributed by atoms with Crippen molar-refractivity contribution in [3.63, 3.8) is 0 Å². The molecule has 0 radical (unpaired) electrons. The monoisotopic (exact) mass is 632 g/mol. The van der Waals surface area contributed by atoms with E-state index in [-0.39, 0.29) is 17.7 Å². The summed E-state index contributed by atoms with van der Waals surface area (Å²) in [5.41, 5.74) is 1.50. The Hall–Kier alpha value is -2.48. The molecule has 0 aliphatic carbocycles. The maximum Gasteiger partial charge on any atom is 0.335 e. The van der Waals surface area contributed by atoms with E-state index in [0.717, 1.165) is 17.6 Å². The number of carbonyl (C=O) groups excluding carboxylic acids is 3. The van der Waals surface area contributed by atoms with E-state index in [9.17, 15) is 19.2 Å². The maximum atomic E-state index is 12.2. The van der Waals surface area contributed by atoms with E-state index in [0.29, 0.717) is 11.3 Å². The van der Waals surface area contributed by atoms with Crippen LogP contribution in [0.3, 0.4) is 0 Å². The molecule has 0 spiro atoms. The molecule has 1 aliphatic heterocycles. The first-order chi connectivity index (χ1) is 14.2. The third kappa shape index (κ3) is 4.80. The normalized spacial score (nSPS) is 15.4. The lowest BCUT2D eigenvalue weighted by molar-refractivity contribution is -0.129. The van der Waals surface area contributed by atoms with Gasteiger partial charge < -0.3 is 9.84 Å². The van der Waals surface area contributed by atoms with Crippen molar-refractivity contribution in [2.45, 2.75) is 6.61 Å². The van der Waals surface area contributed by atoms with E-state index in [1.807, 2.05) is 0 Å². The van der Waals surface area contributed by atoms with Crippen LogP contribution in [-0.2, 0) is 16.2 Å². The van der Waals surface area contributed by atoms with Crippen molar-refractivity contribution < 1.29 is 29.0 Å². The van der Waals surface area contributed by atoms with Crippen LogP contribution in [0.2, 0.25) is 0 Å². The second-order valence-corrected chi connectivity index (χ2v) is 8.61. The van der Waals surface area contributed by atoms with Gasteiger partial charge in [0.15, 0.2) is 0 Å². The number of aromatic carboxylic acids is 1. The van der Waals surface area contributed by atoms with Crippen molar-refractivity contribution in [1.29, 1.82) is 0 Å². The molecular weight excluding hydrogens is 618 g/mol. The number of benzene rings is 2. The van der Waals surface area contributed by atoms with Crippen LogP contribution in [0, 0.1) is 7.14 Å². The summed E-state index contributed by atoms with van der Waals surface area (Å²) in [5, 5.41) is 11.1. The van der Waals surface area contributed by atoms with Gasteiger partial charge in [-0.15, -0.1) is 0 Å². The van der Waals surface area contributed by atoms with Crippen molar-refractivity contribution in [1.82, 2.24) is 10.2 Å². The highest BCUT2D eigenvalue weighted by atomic mass is 127. The fourth-order valence-electron chi connectivity index (χ4n) is 2.61. The smallest absolute Gasteiger partial charge is 0.335 e. The van der Waals surface area contributed by atoms with E-state index in [1.54, 1.807) is 24.3 Å². The fraction of sp³-hybridized carbons (Fsp3) is 0.100. The Kier molecular flexibility index (Phi) is 6.75. The zero-order chi connectivity index (χ0) is 22.0. The molecule has 0 saturated carbocycles. The quantitative estimate of drug-likeness (QED) is 0.298. The van der Waals surface area contributed by atoms with Crippen molar-refractivity contribution in [3.05, 3.63) is 65.8 Å². The van der Waals surface area contributed by atoms with Crippen molar-refractivity contribution in [3.8, 4) is 5.75 Å². The Labute approximate surface area is 198 Å². The number of rotatable bonds is 5. The van der Waals surface area contributed by atoms with Gasteiger partial charge in [0.25, 0.3) is 11.8 Å². The van der Waals surface area contributed by atoms with Crippen LogP contribution in [0.5, 0.6) is 5.75 Å². The van der Waals surface area contributed by atoms with Crippen LogP contribution in [-0.4, -0.2) is 40.9 Å². The number of ether oxygens (including phenoxy) is 1. The lowest BCUT2D eigenvalue weighted by Gasteiger charge is -2.22. The van der Waals surface area contributed by atoms with E-state index < -0.39 is 23.8 Å². The van der Waals surface area contributed by atoms with Crippen LogP contribution >= 0.6 is 45.2 Å². The lowest BCUT2D eigenvalue weighted by Crippen LogP contribution is -2.52. The number of halogens is 2. The van der Waals surface area contributed by atoms with Gasteiger partial charge in [-0.1, -0.05) is 12.1 Å². The first-order valence-corrected chi connectivity index (χ1v) is 10.6. The molecule has 0 bridgehead atoms. The second kappa shape index (κ2) is 9.12. The summed E-state index contributed by atoms with van der Waals surface area (Å²) in [7, 11) is 1.30. The van der Waals surface area contributed by atoms with Gasteiger partial charge in [0.1, 0.15) is 17.9 Å². The molecule has 2 N–H and O–H groups in total. The average molecular weight is 632 g/mol. The summed E-state index contributed by atoms with van der Waals surface area (Å²) in [4.78, 5) is 47.5. The Morgan fingerprint density at radius 2 is 1.73 bits per heavy atom. The predicted molar refractivity (Wildman–Crippen MR) is 124 cm³/mol. The summed E-state index contributed by atoms with van der Waals surface area (Å²) in [6.45, 7) is 0.250. The summed E-state index contributed by atoms with van der Waals surface area (Å²) < 4.78 is 7.42. The highest BCUT2D eigenvalue weighted by molar-refractivity contribution is 14.1. The zero-order valence-electron chi connectivity index (χ0n) is 15.4. The van der Waals surface area contributed by atoms with Gasteiger partial charge in [-0.2, -0.15) is 0 Å². The molecule has 1 heterocycles. The average Bonchev–Trinajstić information content (AvgIpc) is 2.69. The third-order valence-corrected chi connectivity index (χ3v) is 5.82. The number of imide groups is 2. The molecule has 1 aliphatic rings. The summed E-state index contributed by atoms with van der Waals surface area (Å²) in [6, 6.07) is 9.16. The number of carboxylic acid groups (broad SMARTS) is 1. The summed E-state index contributed by atoms with van der Waals surface area (Å²) in [6.07, 6.45) is 1.43. The SMILES string of the molecule is CN1C(=O)NC(=O)C(=Cc2cc(I)c(OCc3ccc(C(=O)O)cc3)c(I)c2)C1=O. The van der Waals surface area contributed by atoms with E-state index in [2.05, 4.69) is 50.5 Å². The molecule has 30 heavy (non-hydrogen) atoms. The van der Waals surface area contributed by atoms with Crippen LogP contribution in [0.15, 0.2) is 42.0 Å². The Bertz CT molecular complexity index is 1070. The van der Waals surface area contributed by atoms with Gasteiger partial charge in [0.05, 0.1) is 12.7 Å². The van der Waals surface area contributed by atoms with E-state index in [1.165, 1.54) is 25.3 Å². The Morgan fingerprint density at radius 3 is 2.30 bits per heavy atom. The summed E-state index contributed by atoms with van der Waals surface area (Å²) >= 11 is 4.19. The van der Waals surface area contributed by atoms with Crippen molar-refractivity contribution >= 4 is 75.1 Å². The molecule has 3 rings (SSSR count). The number of carboxylic acids is 1. The number of amides is 4. The Balaban J connectivity index is 1.80. The number of carbonyl (C=O) groups is 4. The predicted octanol–water partition coefficient (Wildman–Crippen LogP) is 3.26. The number of urea groups is 1. The molecule has 2 aromatic rings. The fourth-order valence-corrected chi connectivity index (χ4v) is 4.74. The topological polar surface area (TPSA) is 113 Å². The highest BCUT2D eigenvalue weighted by Gasteiger charge is 2.33. The molecule has 0 aromatic heterocycles. The van der Waals surface area contributed by atoms with Crippen LogP contribution in [0.25, 0.3) is 6.08 Å². The minimum atomic E-state index is -0.989. The van der Waals surface area contributed by atoms with Crippen molar-refractivity contribution in [2.75, 3.05) is 7.05 Å². The molecule has 0 atom stereocenters. The van der Waals surface area contributed by atoms with Crippen molar-refractivity contribution in [2.24, 2.45) is 0 Å². The molecule has 8 nitrogen and oxygen atoms in total. The van der Waals surface area contributed by atoms with Crippen LogP contribution in [0.4, 0.5) is 4.79 Å². The molecule has 2 aromatic carbocycles. The summed E-state index contributed by atoms with van der Waals surface area (Å²) in [5.74, 6) is -1.76. The van der Waals surface area contributed by atoms with Gasteiger partial charge in [-0.05, 0) is 86.7 Å². The first kappa shape index (κ1) is 22.2. The van der Waals surface area contributed by atoms with Gasteiger partial charge in [0, 0.05) is 7.05 Å². The number of likely N-dealkylation sites (N-methyl/N-ethyl adjacent to an activating group) is 1. The third-order valence-electron chi connectivity index (χ3n) is 4.22. The van der Waals surface area contributed by atoms with Crippen LogP contribution in [0.1, 0.15) is 21.5 Å². The minimum absolute atomic E-state index is 0.129. The van der Waals surface area contributed by atoms with E-state index in [4.69, 9.17) is 9.84 Å². The minimum Gasteiger partial charge on any atom is -0.487 e. The van der Waals surface area contributed by atoms with Gasteiger partial charge in [0.2, 0.25) is 0 Å². The molecule has 0 unspecified atom stereocenters. The molecule has 4 amide bonds. The molecule has 1 fully saturated rings. The maximum absolute atomic E-state index is 12.2. The standard InChI is InChI=1S/C20H14I2N2O6/c1-24-18(26)13(17(25)23-20(24)29)6-11-7-14(21)16(15(22)8-11)30-9-10-2-4-12(5-3-10)19(27)28/h2-8H,9H2,1H3,(H,27,28)(H,23,25,29). The first-order valence-electron chi connectivity index (χ1n) is 8.46. The largest absolute Gasteiger partial charge is 0.487 e. The van der Waals surface area contributed by atoms with Gasteiger partial charge >= 0.3 is 12.0 Å². The number of nitrogens with zero attached hydrogens (tertiary/aromatic N) is 1. The lowest BCUT2D eigenvalue weighted by atomic mass is 10.1. The van der Waals surface area contributed by atoms with Crippen LogP contribution < -0.4 is 10.1 Å². The van der Waals surface area contributed by atoms with E-state index >= 15 is 0 Å². The number of nitrogens with one attached hydrogen (secondary N) is 1. The number of hydrogen-bond acceptors (Lipinski definition) is 5. The molecule has 154 valence electrons. The highest BCUT2D eigenvalue weighted by Crippen LogP contribution is 2.31. The Morgan fingerprint density at radius 1 is 1.13 bits per heavy atom. The molecular formula is C20H14I2N2O6. The van der Waals surface area contributed by atoms with Gasteiger partial charge in [-0.3, -0.25) is 19.8 Å². The number of hydrogen-bond donors (Lipinski definition) is 2.